The second-order valence-corrected chi connectivity index (χ2v) is 8.09. The summed E-state index contributed by atoms with van der Waals surface area (Å²) in [5.74, 6) is -0.790. The fourth-order valence-corrected chi connectivity index (χ4v) is 3.96. The van der Waals surface area contributed by atoms with Crippen LogP contribution >= 0.6 is 22.9 Å². The molecule has 0 fully saturated rings. The number of ether oxygens (including phenoxy) is 1. The van der Waals surface area contributed by atoms with Crippen LogP contribution in [0.5, 0.6) is 0 Å². The monoisotopic (exact) mass is 439 g/mol. The van der Waals surface area contributed by atoms with Crippen LogP contribution < -0.4 is 5.32 Å². The molecule has 0 spiro atoms. The second kappa shape index (κ2) is 9.82. The van der Waals surface area contributed by atoms with Gasteiger partial charge in [-0.05, 0) is 45.0 Å². The minimum absolute atomic E-state index is 0.0112. The molecular weight excluding hydrogens is 418 g/mol. The largest absolute Gasteiger partial charge is 0.462 e. The molecule has 1 aromatic carbocycles. The second-order valence-electron chi connectivity index (χ2n) is 6.46. The maximum absolute atomic E-state index is 12.5. The normalized spacial score (nSPS) is 10.8. The number of nitro benzene ring substituents is 1. The van der Waals surface area contributed by atoms with E-state index in [0.717, 1.165) is 10.4 Å². The first-order valence-electron chi connectivity index (χ1n) is 8.82. The van der Waals surface area contributed by atoms with Gasteiger partial charge in [-0.1, -0.05) is 11.6 Å². The number of hydrogen-bond donors (Lipinski definition) is 1. The van der Waals surface area contributed by atoms with E-state index in [0.29, 0.717) is 21.2 Å². The van der Waals surface area contributed by atoms with E-state index in [9.17, 15) is 19.7 Å². The zero-order valence-electron chi connectivity index (χ0n) is 16.6. The maximum Gasteiger partial charge on any atom is 0.341 e. The van der Waals surface area contributed by atoms with Crippen LogP contribution in [0.2, 0.25) is 5.02 Å². The van der Waals surface area contributed by atoms with Crippen LogP contribution in [0.25, 0.3) is 0 Å². The molecule has 0 unspecified atom stereocenters. The number of rotatable bonds is 8. The van der Waals surface area contributed by atoms with Crippen LogP contribution in [0.4, 0.5) is 10.7 Å². The Balaban J connectivity index is 2.08. The van der Waals surface area contributed by atoms with Gasteiger partial charge in [0, 0.05) is 28.6 Å². The zero-order valence-corrected chi connectivity index (χ0v) is 18.1. The summed E-state index contributed by atoms with van der Waals surface area (Å²) < 4.78 is 5.08. The van der Waals surface area contributed by atoms with Gasteiger partial charge in [-0.25, -0.2) is 4.79 Å². The Kier molecular flexibility index (Phi) is 7.72. The van der Waals surface area contributed by atoms with Crippen molar-refractivity contribution in [3.8, 4) is 0 Å². The zero-order chi connectivity index (χ0) is 21.7. The minimum atomic E-state index is -0.495. The summed E-state index contributed by atoms with van der Waals surface area (Å²) in [6.45, 7) is 5.91. The predicted octanol–water partition coefficient (Wildman–Crippen LogP) is 4.17. The van der Waals surface area contributed by atoms with Crippen molar-refractivity contribution < 1.29 is 19.2 Å². The number of nitro groups is 1. The number of anilines is 1. The van der Waals surface area contributed by atoms with Crippen molar-refractivity contribution in [1.29, 1.82) is 0 Å². The number of benzene rings is 1. The van der Waals surface area contributed by atoms with Gasteiger partial charge in [0.15, 0.2) is 0 Å². The smallest absolute Gasteiger partial charge is 0.341 e. The summed E-state index contributed by atoms with van der Waals surface area (Å²) in [4.78, 5) is 37.8. The number of amides is 1. The summed E-state index contributed by atoms with van der Waals surface area (Å²) in [5, 5.41) is 14.5. The summed E-state index contributed by atoms with van der Waals surface area (Å²) >= 11 is 7.43. The third-order valence-corrected chi connectivity index (χ3v) is 5.70. The molecule has 29 heavy (non-hydrogen) atoms. The number of likely N-dealkylation sites (N-methyl/N-ethyl adjacent to an activating group) is 1. The SMILES string of the molecule is CCOC(=O)c1c(NC(=O)CN(C)Cc2cc([N+](=O)[O-])ccc2Cl)sc(C)c1C. The number of aryl methyl sites for hydroxylation is 1. The molecule has 10 heteroatoms. The van der Waals surface area contributed by atoms with E-state index in [1.54, 1.807) is 18.9 Å². The van der Waals surface area contributed by atoms with Crippen molar-refractivity contribution in [2.45, 2.75) is 27.3 Å². The number of hydrogen-bond acceptors (Lipinski definition) is 7. The van der Waals surface area contributed by atoms with Crippen molar-refractivity contribution in [3.63, 3.8) is 0 Å². The minimum Gasteiger partial charge on any atom is -0.462 e. The van der Waals surface area contributed by atoms with Crippen molar-refractivity contribution in [1.82, 2.24) is 4.90 Å². The molecule has 0 bridgehead atoms. The Morgan fingerprint density at radius 1 is 1.34 bits per heavy atom. The first-order chi connectivity index (χ1) is 13.6. The van der Waals surface area contributed by atoms with Crippen LogP contribution in [0.15, 0.2) is 18.2 Å². The van der Waals surface area contributed by atoms with Crippen LogP contribution in [-0.2, 0) is 16.1 Å². The highest BCUT2D eigenvalue weighted by molar-refractivity contribution is 7.16. The number of thiophene rings is 1. The molecule has 156 valence electrons. The lowest BCUT2D eigenvalue weighted by Crippen LogP contribution is -2.30. The van der Waals surface area contributed by atoms with Gasteiger partial charge in [-0.3, -0.25) is 19.8 Å². The van der Waals surface area contributed by atoms with Crippen LogP contribution in [0.3, 0.4) is 0 Å². The third kappa shape index (κ3) is 5.75. The fourth-order valence-electron chi connectivity index (χ4n) is 2.72. The Hall–Kier alpha value is -2.49. The van der Waals surface area contributed by atoms with Gasteiger partial charge in [-0.15, -0.1) is 11.3 Å². The number of carbonyl (C=O) groups excluding carboxylic acids is 2. The van der Waals surface area contributed by atoms with E-state index in [1.807, 2.05) is 13.8 Å². The number of non-ortho nitro benzene ring substituents is 1. The molecule has 0 aliphatic rings. The van der Waals surface area contributed by atoms with E-state index >= 15 is 0 Å². The van der Waals surface area contributed by atoms with Crippen molar-refractivity contribution >= 4 is 45.5 Å². The average Bonchev–Trinajstić information content (AvgIpc) is 2.90. The summed E-state index contributed by atoms with van der Waals surface area (Å²) in [5.41, 5.74) is 1.63. The lowest BCUT2D eigenvalue weighted by Gasteiger charge is -2.17. The summed E-state index contributed by atoms with van der Waals surface area (Å²) in [6.07, 6.45) is 0. The number of nitrogens with one attached hydrogen (secondary N) is 1. The molecule has 0 saturated carbocycles. The Morgan fingerprint density at radius 3 is 2.66 bits per heavy atom. The Morgan fingerprint density at radius 2 is 2.03 bits per heavy atom. The molecular formula is C19H22ClN3O5S. The van der Waals surface area contributed by atoms with Gasteiger partial charge >= 0.3 is 5.97 Å². The molecule has 1 heterocycles. The molecule has 2 aromatic rings. The van der Waals surface area contributed by atoms with Gasteiger partial charge in [0.05, 0.1) is 23.6 Å². The standard InChI is InChI=1S/C19H22ClN3O5S/c1-5-28-19(25)17-11(2)12(3)29-18(17)21-16(24)10-22(4)9-13-8-14(23(26)27)6-7-15(13)20/h6-8H,5,9-10H2,1-4H3,(H,21,24). The van der Waals surface area contributed by atoms with Crippen molar-refractivity contribution in [3.05, 3.63) is 54.9 Å². The van der Waals surface area contributed by atoms with E-state index in [2.05, 4.69) is 5.32 Å². The molecule has 0 saturated heterocycles. The van der Waals surface area contributed by atoms with Gasteiger partial charge in [0.25, 0.3) is 5.69 Å². The van der Waals surface area contributed by atoms with Crippen LogP contribution in [-0.4, -0.2) is 41.9 Å². The molecule has 8 nitrogen and oxygen atoms in total. The maximum atomic E-state index is 12.5. The van der Waals surface area contributed by atoms with E-state index < -0.39 is 10.9 Å². The Bertz CT molecular complexity index is 944. The molecule has 0 radical (unpaired) electrons. The van der Waals surface area contributed by atoms with Gasteiger partial charge in [-0.2, -0.15) is 0 Å². The highest BCUT2D eigenvalue weighted by atomic mass is 35.5. The molecule has 0 atom stereocenters. The van der Waals surface area contributed by atoms with Crippen molar-refractivity contribution in [2.24, 2.45) is 0 Å². The van der Waals surface area contributed by atoms with Gasteiger partial charge in [0.1, 0.15) is 5.00 Å². The van der Waals surface area contributed by atoms with Crippen LogP contribution in [0.1, 0.15) is 33.3 Å². The molecule has 0 aliphatic carbocycles. The number of carbonyl (C=O) groups is 2. The Labute approximate surface area is 177 Å². The molecule has 1 amide bonds. The first-order valence-corrected chi connectivity index (χ1v) is 10.0. The fraction of sp³-hybridized carbons (Fsp3) is 0.368. The number of halogens is 1. The first kappa shape index (κ1) is 22.8. The van der Waals surface area contributed by atoms with E-state index in [1.165, 1.54) is 29.5 Å². The highest BCUT2D eigenvalue weighted by Crippen LogP contribution is 2.33. The summed E-state index contributed by atoms with van der Waals surface area (Å²) in [6, 6.07) is 4.18. The number of nitrogens with zero attached hydrogens (tertiary/aromatic N) is 2. The van der Waals surface area contributed by atoms with Crippen LogP contribution in [0, 0.1) is 24.0 Å². The lowest BCUT2D eigenvalue weighted by molar-refractivity contribution is -0.384. The highest BCUT2D eigenvalue weighted by Gasteiger charge is 2.22. The molecule has 2 rings (SSSR count). The lowest BCUT2D eigenvalue weighted by atomic mass is 10.1. The van der Waals surface area contributed by atoms with Gasteiger partial charge in [0.2, 0.25) is 5.91 Å². The predicted molar refractivity (Wildman–Crippen MR) is 113 cm³/mol. The van der Waals surface area contributed by atoms with Gasteiger partial charge < -0.3 is 10.1 Å². The molecule has 1 aromatic heterocycles. The average molecular weight is 440 g/mol. The topological polar surface area (TPSA) is 102 Å². The number of esters is 1. The molecule has 1 N–H and O–H groups in total. The molecule has 0 aliphatic heterocycles. The third-order valence-electron chi connectivity index (χ3n) is 4.21. The quantitative estimate of drug-likeness (QED) is 0.376. The summed E-state index contributed by atoms with van der Waals surface area (Å²) in [7, 11) is 1.70. The van der Waals surface area contributed by atoms with Crippen molar-refractivity contribution in [2.75, 3.05) is 25.5 Å². The van der Waals surface area contributed by atoms with E-state index in [4.69, 9.17) is 16.3 Å². The van der Waals surface area contributed by atoms with E-state index in [-0.39, 0.29) is 31.3 Å².